The Balaban J connectivity index is 2.82. The largest absolute Gasteiger partial charge is 0.383 e. The summed E-state index contributed by atoms with van der Waals surface area (Å²) in [6.45, 7) is 2.06. The molecule has 0 saturated carbocycles. The Kier molecular flexibility index (Phi) is 4.73. The van der Waals surface area contributed by atoms with Crippen LogP contribution in [0.25, 0.3) is 0 Å². The third kappa shape index (κ3) is 3.75. The van der Waals surface area contributed by atoms with E-state index in [9.17, 15) is 8.42 Å². The number of nitrogens with one attached hydrogen (secondary N) is 1. The van der Waals surface area contributed by atoms with Crippen LogP contribution in [0.2, 0.25) is 5.02 Å². The van der Waals surface area contributed by atoms with Gasteiger partial charge in [-0.05, 0) is 31.2 Å². The number of benzene rings is 1. The Labute approximate surface area is 101 Å². The van der Waals surface area contributed by atoms with E-state index in [0.717, 1.165) is 0 Å². The lowest BCUT2D eigenvalue weighted by atomic mass is 10.4. The van der Waals surface area contributed by atoms with Crippen molar-refractivity contribution in [3.05, 3.63) is 29.3 Å². The fraction of sp³-hybridized carbons (Fsp3) is 0.400. The van der Waals surface area contributed by atoms with Crippen LogP contribution in [0, 0.1) is 0 Å². The van der Waals surface area contributed by atoms with Gasteiger partial charge < -0.3 is 4.74 Å². The second-order valence-electron chi connectivity index (χ2n) is 3.43. The van der Waals surface area contributed by atoms with Crippen LogP contribution in [0.15, 0.2) is 29.2 Å². The first-order valence-electron chi connectivity index (χ1n) is 4.72. The Morgan fingerprint density at radius 3 is 2.44 bits per heavy atom. The maximum atomic E-state index is 11.8. The number of halogens is 1. The summed E-state index contributed by atoms with van der Waals surface area (Å²) in [5.74, 6) is 0. The van der Waals surface area contributed by atoms with Crippen LogP contribution in [0.3, 0.4) is 0 Å². The third-order valence-corrected chi connectivity index (χ3v) is 3.75. The highest BCUT2D eigenvalue weighted by Gasteiger charge is 2.16. The molecule has 0 aromatic heterocycles. The van der Waals surface area contributed by atoms with Crippen molar-refractivity contribution in [2.24, 2.45) is 0 Å². The normalized spacial score (nSPS) is 13.7. The van der Waals surface area contributed by atoms with Crippen molar-refractivity contribution < 1.29 is 13.2 Å². The number of sulfonamides is 1. The molecule has 0 amide bonds. The molecule has 1 atom stereocenters. The Morgan fingerprint density at radius 2 is 1.94 bits per heavy atom. The topological polar surface area (TPSA) is 55.4 Å². The Morgan fingerprint density at radius 1 is 1.38 bits per heavy atom. The molecule has 0 spiro atoms. The number of hydrogen-bond donors (Lipinski definition) is 1. The zero-order valence-electron chi connectivity index (χ0n) is 9.10. The number of rotatable bonds is 5. The second-order valence-corrected chi connectivity index (χ2v) is 5.58. The summed E-state index contributed by atoms with van der Waals surface area (Å²) in [7, 11) is -1.97. The summed E-state index contributed by atoms with van der Waals surface area (Å²) in [5.41, 5.74) is 0. The maximum absolute atomic E-state index is 11.8. The van der Waals surface area contributed by atoms with Crippen LogP contribution in [-0.2, 0) is 14.8 Å². The van der Waals surface area contributed by atoms with Crippen LogP contribution in [0.5, 0.6) is 0 Å². The second kappa shape index (κ2) is 5.63. The van der Waals surface area contributed by atoms with E-state index in [2.05, 4.69) is 4.72 Å². The SMILES string of the molecule is COCC(C)NS(=O)(=O)c1ccc(Cl)cc1. The van der Waals surface area contributed by atoms with E-state index in [-0.39, 0.29) is 10.9 Å². The molecule has 0 aliphatic heterocycles. The van der Waals surface area contributed by atoms with Crippen molar-refractivity contribution in [3.63, 3.8) is 0 Å². The highest BCUT2D eigenvalue weighted by molar-refractivity contribution is 7.89. The predicted octanol–water partition coefficient (Wildman–Crippen LogP) is 1.65. The molecule has 0 heterocycles. The molecule has 0 radical (unpaired) electrons. The minimum absolute atomic E-state index is 0.194. The van der Waals surface area contributed by atoms with Gasteiger partial charge in [0.1, 0.15) is 0 Å². The summed E-state index contributed by atoms with van der Waals surface area (Å²) in [6, 6.07) is 5.73. The van der Waals surface area contributed by atoms with E-state index in [4.69, 9.17) is 16.3 Å². The molecule has 1 N–H and O–H groups in total. The van der Waals surface area contributed by atoms with Gasteiger partial charge >= 0.3 is 0 Å². The van der Waals surface area contributed by atoms with Gasteiger partial charge in [-0.1, -0.05) is 11.6 Å². The highest BCUT2D eigenvalue weighted by Crippen LogP contribution is 2.14. The lowest BCUT2D eigenvalue weighted by Gasteiger charge is -2.13. The molecule has 90 valence electrons. The molecule has 0 aliphatic rings. The Hall–Kier alpha value is -0.620. The van der Waals surface area contributed by atoms with E-state index in [1.54, 1.807) is 6.92 Å². The molecular formula is C10H14ClNO3S. The molecule has 0 saturated heterocycles. The van der Waals surface area contributed by atoms with E-state index in [0.29, 0.717) is 11.6 Å². The van der Waals surface area contributed by atoms with Gasteiger partial charge in [0.2, 0.25) is 10.0 Å². The van der Waals surface area contributed by atoms with Gasteiger partial charge in [0, 0.05) is 18.2 Å². The van der Waals surface area contributed by atoms with E-state index >= 15 is 0 Å². The molecule has 1 aromatic carbocycles. The molecule has 1 aromatic rings. The van der Waals surface area contributed by atoms with Crippen LogP contribution >= 0.6 is 11.6 Å². The van der Waals surface area contributed by atoms with Gasteiger partial charge in [-0.2, -0.15) is 0 Å². The number of methoxy groups -OCH3 is 1. The predicted molar refractivity (Wildman–Crippen MR) is 63.1 cm³/mol. The van der Waals surface area contributed by atoms with E-state index < -0.39 is 10.0 Å². The smallest absolute Gasteiger partial charge is 0.240 e. The molecule has 0 bridgehead atoms. The van der Waals surface area contributed by atoms with Gasteiger partial charge in [-0.15, -0.1) is 0 Å². The fourth-order valence-corrected chi connectivity index (χ4v) is 2.58. The first kappa shape index (κ1) is 13.4. The first-order valence-corrected chi connectivity index (χ1v) is 6.58. The summed E-state index contributed by atoms with van der Waals surface area (Å²) < 4.78 is 31.0. The lowest BCUT2D eigenvalue weighted by molar-refractivity contribution is 0.180. The highest BCUT2D eigenvalue weighted by atomic mass is 35.5. The van der Waals surface area contributed by atoms with Gasteiger partial charge in [0.15, 0.2) is 0 Å². The number of ether oxygens (including phenoxy) is 1. The molecule has 0 fully saturated rings. The number of hydrogen-bond acceptors (Lipinski definition) is 3. The quantitative estimate of drug-likeness (QED) is 0.879. The van der Waals surface area contributed by atoms with Crippen molar-refractivity contribution in [1.29, 1.82) is 0 Å². The molecular weight excluding hydrogens is 250 g/mol. The molecule has 16 heavy (non-hydrogen) atoms. The monoisotopic (exact) mass is 263 g/mol. The van der Waals surface area contributed by atoms with E-state index in [1.165, 1.54) is 31.4 Å². The molecule has 6 heteroatoms. The van der Waals surface area contributed by atoms with Crippen molar-refractivity contribution in [2.45, 2.75) is 17.9 Å². The van der Waals surface area contributed by atoms with Crippen molar-refractivity contribution >= 4 is 21.6 Å². The first-order chi connectivity index (χ1) is 7.45. The van der Waals surface area contributed by atoms with Gasteiger partial charge in [-0.25, -0.2) is 13.1 Å². The zero-order chi connectivity index (χ0) is 12.2. The van der Waals surface area contributed by atoms with Crippen molar-refractivity contribution in [2.75, 3.05) is 13.7 Å². The minimum atomic E-state index is -3.49. The average Bonchev–Trinajstić information content (AvgIpc) is 2.17. The Bertz CT molecular complexity index is 430. The standard InChI is InChI=1S/C10H14ClNO3S/c1-8(7-15-2)12-16(13,14)10-5-3-9(11)4-6-10/h3-6,8,12H,7H2,1-2H3. The average molecular weight is 264 g/mol. The van der Waals surface area contributed by atoms with Crippen molar-refractivity contribution in [1.82, 2.24) is 4.72 Å². The van der Waals surface area contributed by atoms with Crippen molar-refractivity contribution in [3.8, 4) is 0 Å². The van der Waals surface area contributed by atoms with Gasteiger partial charge in [-0.3, -0.25) is 0 Å². The maximum Gasteiger partial charge on any atom is 0.240 e. The van der Waals surface area contributed by atoms with Crippen LogP contribution in [0.1, 0.15) is 6.92 Å². The summed E-state index contributed by atoms with van der Waals surface area (Å²) in [5, 5.41) is 0.504. The fourth-order valence-electron chi connectivity index (χ4n) is 1.23. The summed E-state index contributed by atoms with van der Waals surface area (Å²) >= 11 is 5.68. The molecule has 1 rings (SSSR count). The zero-order valence-corrected chi connectivity index (χ0v) is 10.7. The van der Waals surface area contributed by atoms with Crippen LogP contribution < -0.4 is 4.72 Å². The minimum Gasteiger partial charge on any atom is -0.383 e. The summed E-state index contributed by atoms with van der Waals surface area (Å²) in [4.78, 5) is 0.194. The van der Waals surface area contributed by atoms with Gasteiger partial charge in [0.25, 0.3) is 0 Å². The van der Waals surface area contributed by atoms with Crippen LogP contribution in [-0.4, -0.2) is 28.2 Å². The molecule has 4 nitrogen and oxygen atoms in total. The lowest BCUT2D eigenvalue weighted by Crippen LogP contribution is -2.35. The molecule has 0 aliphatic carbocycles. The van der Waals surface area contributed by atoms with Gasteiger partial charge in [0.05, 0.1) is 11.5 Å². The molecule has 1 unspecified atom stereocenters. The summed E-state index contributed by atoms with van der Waals surface area (Å²) in [6.07, 6.45) is 0. The van der Waals surface area contributed by atoms with E-state index in [1.807, 2.05) is 0 Å². The third-order valence-electron chi connectivity index (χ3n) is 1.90. The van der Waals surface area contributed by atoms with Crippen LogP contribution in [0.4, 0.5) is 0 Å².